The molecule has 1 atom stereocenters. The Morgan fingerprint density at radius 3 is 2.50 bits per heavy atom. The van der Waals surface area contributed by atoms with Crippen molar-refractivity contribution in [2.24, 2.45) is 5.73 Å². The van der Waals surface area contributed by atoms with Crippen LogP contribution in [0.1, 0.15) is 30.6 Å². The van der Waals surface area contributed by atoms with E-state index in [0.717, 1.165) is 23.4 Å². The minimum Gasteiger partial charge on any atom is -0.439 e. The van der Waals surface area contributed by atoms with Crippen LogP contribution in [0.3, 0.4) is 0 Å². The summed E-state index contributed by atoms with van der Waals surface area (Å²) in [7, 11) is 0. The van der Waals surface area contributed by atoms with Crippen molar-refractivity contribution in [3.8, 4) is 11.6 Å². The third-order valence-corrected chi connectivity index (χ3v) is 2.91. The van der Waals surface area contributed by atoms with Crippen LogP contribution in [0.15, 0.2) is 42.5 Å². The molecule has 0 bridgehead atoms. The summed E-state index contributed by atoms with van der Waals surface area (Å²) in [4.78, 5) is 4.44. The average Bonchev–Trinajstić information content (AvgIpc) is 2.39. The number of para-hydroxylation sites is 1. The second kappa shape index (κ2) is 5.65. The maximum absolute atomic E-state index is 6.02. The molecule has 0 saturated carbocycles. The van der Waals surface area contributed by atoms with Gasteiger partial charge in [-0.1, -0.05) is 31.2 Å². The molecule has 2 rings (SSSR count). The van der Waals surface area contributed by atoms with Crippen LogP contribution in [-0.4, -0.2) is 4.98 Å². The van der Waals surface area contributed by atoms with Gasteiger partial charge < -0.3 is 10.5 Å². The molecule has 94 valence electrons. The van der Waals surface area contributed by atoms with E-state index in [0.29, 0.717) is 5.88 Å². The zero-order valence-electron chi connectivity index (χ0n) is 10.8. The maximum atomic E-state index is 6.02. The Balaban J connectivity index is 2.19. The van der Waals surface area contributed by atoms with Crippen LogP contribution >= 0.6 is 0 Å². The SMILES string of the molecule is CCC(N)c1ccc(Oc2ccccc2)nc1C. The molecular formula is C15H18N2O. The van der Waals surface area contributed by atoms with E-state index in [9.17, 15) is 0 Å². The lowest BCUT2D eigenvalue weighted by Gasteiger charge is -2.13. The van der Waals surface area contributed by atoms with Crippen LogP contribution in [0, 0.1) is 6.92 Å². The van der Waals surface area contributed by atoms with Crippen LogP contribution in [0.2, 0.25) is 0 Å². The number of hydrogen-bond acceptors (Lipinski definition) is 3. The Bertz CT molecular complexity index is 511. The number of hydrogen-bond donors (Lipinski definition) is 1. The Morgan fingerprint density at radius 2 is 1.89 bits per heavy atom. The smallest absolute Gasteiger partial charge is 0.219 e. The van der Waals surface area contributed by atoms with Gasteiger partial charge in [-0.3, -0.25) is 0 Å². The van der Waals surface area contributed by atoms with Crippen molar-refractivity contribution < 1.29 is 4.74 Å². The molecule has 0 amide bonds. The number of aromatic nitrogens is 1. The molecule has 0 radical (unpaired) electrons. The van der Waals surface area contributed by atoms with Gasteiger partial charge in [0.2, 0.25) is 5.88 Å². The van der Waals surface area contributed by atoms with E-state index in [4.69, 9.17) is 10.5 Å². The van der Waals surface area contributed by atoms with Crippen molar-refractivity contribution >= 4 is 0 Å². The van der Waals surface area contributed by atoms with Gasteiger partial charge in [0.15, 0.2) is 0 Å². The summed E-state index contributed by atoms with van der Waals surface area (Å²) < 4.78 is 5.68. The molecule has 0 aliphatic carbocycles. The number of rotatable bonds is 4. The first-order chi connectivity index (χ1) is 8.70. The van der Waals surface area contributed by atoms with E-state index in [1.165, 1.54) is 0 Å². The normalized spacial score (nSPS) is 12.2. The summed E-state index contributed by atoms with van der Waals surface area (Å²) in [6, 6.07) is 13.5. The molecule has 1 aromatic heterocycles. The lowest BCUT2D eigenvalue weighted by molar-refractivity contribution is 0.460. The molecule has 0 fully saturated rings. The number of nitrogens with zero attached hydrogens (tertiary/aromatic N) is 1. The summed E-state index contributed by atoms with van der Waals surface area (Å²) in [6.45, 7) is 4.03. The molecule has 1 heterocycles. The summed E-state index contributed by atoms with van der Waals surface area (Å²) in [5.41, 5.74) is 8.03. The van der Waals surface area contributed by atoms with Crippen LogP contribution in [0.25, 0.3) is 0 Å². The summed E-state index contributed by atoms with van der Waals surface area (Å²) in [6.07, 6.45) is 0.904. The quantitative estimate of drug-likeness (QED) is 0.891. The van der Waals surface area contributed by atoms with Crippen molar-refractivity contribution in [2.75, 3.05) is 0 Å². The number of nitrogens with two attached hydrogens (primary N) is 1. The predicted octanol–water partition coefficient (Wildman–Crippen LogP) is 3.59. The second-order valence-electron chi connectivity index (χ2n) is 4.25. The topological polar surface area (TPSA) is 48.1 Å². The maximum Gasteiger partial charge on any atom is 0.219 e. The highest BCUT2D eigenvalue weighted by molar-refractivity contribution is 5.31. The van der Waals surface area contributed by atoms with E-state index in [-0.39, 0.29) is 6.04 Å². The number of pyridine rings is 1. The van der Waals surface area contributed by atoms with Gasteiger partial charge in [-0.25, -0.2) is 4.98 Å². The van der Waals surface area contributed by atoms with Gasteiger partial charge in [-0.05, 0) is 31.0 Å². The first-order valence-corrected chi connectivity index (χ1v) is 6.16. The molecule has 3 nitrogen and oxygen atoms in total. The Hall–Kier alpha value is -1.87. The summed E-state index contributed by atoms with van der Waals surface area (Å²) in [5, 5.41) is 0. The highest BCUT2D eigenvalue weighted by atomic mass is 16.5. The highest BCUT2D eigenvalue weighted by Gasteiger charge is 2.09. The lowest BCUT2D eigenvalue weighted by atomic mass is 10.0. The van der Waals surface area contributed by atoms with E-state index in [1.807, 2.05) is 49.4 Å². The average molecular weight is 242 g/mol. The van der Waals surface area contributed by atoms with Crippen molar-refractivity contribution in [3.63, 3.8) is 0 Å². The zero-order valence-corrected chi connectivity index (χ0v) is 10.8. The Kier molecular flexibility index (Phi) is 3.95. The van der Waals surface area contributed by atoms with Gasteiger partial charge in [-0.15, -0.1) is 0 Å². The Morgan fingerprint density at radius 1 is 1.17 bits per heavy atom. The summed E-state index contributed by atoms with van der Waals surface area (Å²) in [5.74, 6) is 1.39. The fourth-order valence-corrected chi connectivity index (χ4v) is 1.83. The van der Waals surface area contributed by atoms with E-state index >= 15 is 0 Å². The fourth-order valence-electron chi connectivity index (χ4n) is 1.83. The van der Waals surface area contributed by atoms with E-state index in [2.05, 4.69) is 11.9 Å². The predicted molar refractivity (Wildman–Crippen MR) is 72.7 cm³/mol. The van der Waals surface area contributed by atoms with Crippen LogP contribution in [0.5, 0.6) is 11.6 Å². The van der Waals surface area contributed by atoms with E-state index < -0.39 is 0 Å². The third-order valence-electron chi connectivity index (χ3n) is 2.91. The molecule has 0 aliphatic rings. The molecule has 2 N–H and O–H groups in total. The van der Waals surface area contributed by atoms with Crippen molar-refractivity contribution in [2.45, 2.75) is 26.3 Å². The Labute approximate surface area is 108 Å². The van der Waals surface area contributed by atoms with Gasteiger partial charge in [-0.2, -0.15) is 0 Å². The first-order valence-electron chi connectivity index (χ1n) is 6.16. The minimum absolute atomic E-state index is 0.0447. The molecule has 18 heavy (non-hydrogen) atoms. The van der Waals surface area contributed by atoms with Crippen molar-refractivity contribution in [1.82, 2.24) is 4.98 Å². The monoisotopic (exact) mass is 242 g/mol. The van der Waals surface area contributed by atoms with Crippen LogP contribution in [-0.2, 0) is 0 Å². The number of aryl methyl sites for hydroxylation is 1. The second-order valence-corrected chi connectivity index (χ2v) is 4.25. The van der Waals surface area contributed by atoms with E-state index in [1.54, 1.807) is 0 Å². The van der Waals surface area contributed by atoms with Gasteiger partial charge in [0, 0.05) is 17.8 Å². The minimum atomic E-state index is 0.0447. The zero-order chi connectivity index (χ0) is 13.0. The van der Waals surface area contributed by atoms with Gasteiger partial charge in [0.1, 0.15) is 5.75 Å². The van der Waals surface area contributed by atoms with Crippen LogP contribution < -0.4 is 10.5 Å². The highest BCUT2D eigenvalue weighted by Crippen LogP contribution is 2.23. The first kappa shape index (κ1) is 12.6. The summed E-state index contributed by atoms with van der Waals surface area (Å²) >= 11 is 0. The van der Waals surface area contributed by atoms with Gasteiger partial charge in [0.25, 0.3) is 0 Å². The molecular weight excluding hydrogens is 224 g/mol. The van der Waals surface area contributed by atoms with Crippen molar-refractivity contribution in [1.29, 1.82) is 0 Å². The molecule has 0 spiro atoms. The standard InChI is InChI=1S/C15H18N2O/c1-3-14(16)13-9-10-15(17-11(13)2)18-12-7-5-4-6-8-12/h4-10,14H,3,16H2,1-2H3. The lowest BCUT2D eigenvalue weighted by Crippen LogP contribution is -2.11. The molecule has 2 aromatic rings. The van der Waals surface area contributed by atoms with Crippen molar-refractivity contribution in [3.05, 3.63) is 53.7 Å². The van der Waals surface area contributed by atoms with Crippen LogP contribution in [0.4, 0.5) is 0 Å². The number of ether oxygens (including phenoxy) is 1. The van der Waals surface area contributed by atoms with Gasteiger partial charge in [0.05, 0.1) is 0 Å². The molecule has 0 aliphatic heterocycles. The molecule has 0 saturated heterocycles. The largest absolute Gasteiger partial charge is 0.439 e. The molecule has 1 aromatic carbocycles. The third kappa shape index (κ3) is 2.87. The fraction of sp³-hybridized carbons (Fsp3) is 0.267. The number of benzene rings is 1. The van der Waals surface area contributed by atoms with Gasteiger partial charge >= 0.3 is 0 Å². The molecule has 3 heteroatoms. The molecule has 1 unspecified atom stereocenters.